The lowest BCUT2D eigenvalue weighted by atomic mass is 10.1. The van der Waals surface area contributed by atoms with E-state index in [-0.39, 0.29) is 5.43 Å². The van der Waals surface area contributed by atoms with Gasteiger partial charge in [0.2, 0.25) is 0 Å². The topological polar surface area (TPSA) is 88.6 Å². The first-order chi connectivity index (χ1) is 22.7. The highest BCUT2D eigenvalue weighted by Gasteiger charge is 2.10. The van der Waals surface area contributed by atoms with Gasteiger partial charge in [-0.25, -0.2) is 4.98 Å². The molecule has 0 atom stereocenters. The Kier molecular flexibility index (Phi) is 9.88. The summed E-state index contributed by atoms with van der Waals surface area (Å²) in [5.41, 5.74) is 7.07. The Hall–Kier alpha value is -4.29. The quantitative estimate of drug-likeness (QED) is 0.142. The summed E-state index contributed by atoms with van der Waals surface area (Å²) in [4.78, 5) is 29.4. The van der Waals surface area contributed by atoms with Crippen LogP contribution < -0.4 is 5.43 Å². The van der Waals surface area contributed by atoms with Gasteiger partial charge < -0.3 is 4.98 Å². The van der Waals surface area contributed by atoms with Gasteiger partial charge in [-0.1, -0.05) is 103 Å². The first-order valence-corrected chi connectivity index (χ1v) is 19.0. The zero-order chi connectivity index (χ0) is 33.0. The Morgan fingerprint density at radius 3 is 1.79 bits per heavy atom. The van der Waals surface area contributed by atoms with Gasteiger partial charge >= 0.3 is 5.20 Å². The van der Waals surface area contributed by atoms with E-state index in [1.165, 1.54) is 0 Å². The Balaban J connectivity index is 0.000000144. The van der Waals surface area contributed by atoms with Crippen molar-refractivity contribution in [3.8, 4) is 22.5 Å². The van der Waals surface area contributed by atoms with E-state index in [0.717, 1.165) is 60.7 Å². The number of H-pyrrole nitrogens is 1. The van der Waals surface area contributed by atoms with E-state index in [0.29, 0.717) is 10.4 Å². The standard InChI is InChI=1S/C18H11ClN2.C18H12N2O.Cl3OP/c19-15-11-16(12-5-2-1-3-6-12)21-18-14(15)9-8-13-7-4-10-20-17(13)18;21-16-11-15(12-5-2-1-3-6-12)20-18-14(16)9-8-13-7-4-10-19-17(13)18;1-5(2,3)4/h1-11H;1-11H,(H,20,21);. The molecule has 0 aliphatic rings. The second-order valence-corrected chi connectivity index (χ2v) is 17.3. The number of fused-ring (bicyclic) bond motifs is 6. The monoisotopic (exact) mass is 714 g/mol. The van der Waals surface area contributed by atoms with Crippen LogP contribution in [0.1, 0.15) is 0 Å². The molecule has 1 N–H and O–H groups in total. The maximum Gasteiger partial charge on any atom is 0.339 e. The van der Waals surface area contributed by atoms with Gasteiger partial charge in [0.05, 0.1) is 32.8 Å². The van der Waals surface area contributed by atoms with E-state index < -0.39 is 5.20 Å². The highest BCUT2D eigenvalue weighted by atomic mass is 36.0. The zero-order valence-corrected chi connectivity index (χ0v) is 28.2. The van der Waals surface area contributed by atoms with Crippen molar-refractivity contribution < 1.29 is 4.57 Å². The van der Waals surface area contributed by atoms with E-state index in [2.05, 4.69) is 48.7 Å². The smallest absolute Gasteiger partial charge is 0.339 e. The fourth-order valence-electron chi connectivity index (χ4n) is 5.17. The van der Waals surface area contributed by atoms with Crippen molar-refractivity contribution in [3.05, 3.63) is 149 Å². The maximum absolute atomic E-state index is 12.4. The summed E-state index contributed by atoms with van der Waals surface area (Å²) in [5, 5.41) is 1.17. The highest BCUT2D eigenvalue weighted by molar-refractivity contribution is 8.24. The van der Waals surface area contributed by atoms with Crippen molar-refractivity contribution in [2.45, 2.75) is 0 Å². The minimum Gasteiger partial charge on any atom is -0.353 e. The normalized spacial score (nSPS) is 11.1. The summed E-state index contributed by atoms with van der Waals surface area (Å²) in [6, 6.07) is 39.1. The number of aromatic nitrogens is 4. The molecule has 0 bridgehead atoms. The largest absolute Gasteiger partial charge is 0.353 e. The third-order valence-electron chi connectivity index (χ3n) is 7.23. The minimum atomic E-state index is -3.22. The van der Waals surface area contributed by atoms with Crippen molar-refractivity contribution in [3.63, 3.8) is 0 Å². The van der Waals surface area contributed by atoms with Crippen LogP contribution in [0.4, 0.5) is 0 Å². The third kappa shape index (κ3) is 7.82. The molecule has 0 unspecified atom stereocenters. The van der Waals surface area contributed by atoms with Gasteiger partial charge in [-0.15, -0.1) is 0 Å². The highest BCUT2D eigenvalue weighted by Crippen LogP contribution is 2.61. The predicted octanol–water partition coefficient (Wildman–Crippen LogP) is 11.7. The van der Waals surface area contributed by atoms with Gasteiger partial charge in [-0.3, -0.25) is 19.3 Å². The average Bonchev–Trinajstić information content (AvgIpc) is 3.08. The Morgan fingerprint density at radius 1 is 0.596 bits per heavy atom. The molecule has 4 heterocycles. The Morgan fingerprint density at radius 2 is 1.15 bits per heavy atom. The van der Waals surface area contributed by atoms with Crippen molar-refractivity contribution in [2.75, 3.05) is 0 Å². The van der Waals surface area contributed by atoms with Crippen LogP contribution in [-0.4, -0.2) is 19.9 Å². The van der Waals surface area contributed by atoms with E-state index >= 15 is 0 Å². The fourth-order valence-corrected chi connectivity index (χ4v) is 5.43. The summed E-state index contributed by atoms with van der Waals surface area (Å²) in [6.45, 7) is 0. The molecular weight excluding hydrogens is 693 g/mol. The molecule has 8 aromatic rings. The number of nitrogens with one attached hydrogen (secondary N) is 1. The van der Waals surface area contributed by atoms with Gasteiger partial charge in [0, 0.05) is 51.3 Å². The fraction of sp³-hybridized carbons (Fsp3) is 0. The molecule has 0 amide bonds. The van der Waals surface area contributed by atoms with Crippen molar-refractivity contribution in [1.82, 2.24) is 19.9 Å². The first kappa shape index (κ1) is 32.6. The van der Waals surface area contributed by atoms with Crippen LogP contribution in [-0.2, 0) is 4.57 Å². The van der Waals surface area contributed by atoms with E-state index in [9.17, 15) is 9.36 Å². The minimum absolute atomic E-state index is 0.00940. The molecule has 0 saturated heterocycles. The molecule has 0 aliphatic carbocycles. The molecule has 47 heavy (non-hydrogen) atoms. The van der Waals surface area contributed by atoms with Crippen LogP contribution in [0.25, 0.3) is 66.1 Å². The number of nitrogens with zero attached hydrogens (tertiary/aromatic N) is 3. The lowest BCUT2D eigenvalue weighted by molar-refractivity contribution is 0.600. The zero-order valence-electron chi connectivity index (χ0n) is 24.3. The molecule has 4 aromatic heterocycles. The predicted molar refractivity (Wildman–Crippen MR) is 198 cm³/mol. The molecule has 4 aromatic carbocycles. The first-order valence-electron chi connectivity index (χ1n) is 14.2. The molecular formula is C36H23Cl4N4O2P. The van der Waals surface area contributed by atoms with Crippen LogP contribution >= 0.6 is 50.5 Å². The molecule has 6 nitrogen and oxygen atoms in total. The number of hydrogen-bond donors (Lipinski definition) is 1. The van der Waals surface area contributed by atoms with Gasteiger partial charge in [0.15, 0.2) is 5.43 Å². The number of hydrogen-bond acceptors (Lipinski definition) is 5. The van der Waals surface area contributed by atoms with Crippen LogP contribution in [0.2, 0.25) is 5.02 Å². The summed E-state index contributed by atoms with van der Waals surface area (Å²) in [7, 11) is 0. The SMILES string of the molecule is Clc1cc(-c2ccccc2)nc2c1ccc1cccnc12.O=P(Cl)(Cl)Cl.O=c1cc(-c2ccccc2)[nH]c2c1ccc1cccnc12. The van der Waals surface area contributed by atoms with E-state index in [4.69, 9.17) is 16.6 Å². The molecule has 0 spiro atoms. The van der Waals surface area contributed by atoms with Gasteiger partial charge in [-0.2, -0.15) is 0 Å². The molecule has 11 heteroatoms. The summed E-state index contributed by atoms with van der Waals surface area (Å²) in [6.07, 6.45) is 3.53. The van der Waals surface area contributed by atoms with Crippen LogP contribution in [0.3, 0.4) is 0 Å². The second kappa shape index (κ2) is 14.2. The maximum atomic E-state index is 12.4. The third-order valence-corrected chi connectivity index (χ3v) is 7.54. The molecule has 8 rings (SSSR count). The number of benzene rings is 4. The van der Waals surface area contributed by atoms with Crippen molar-refractivity contribution >= 4 is 94.1 Å². The van der Waals surface area contributed by atoms with E-state index in [1.54, 1.807) is 18.5 Å². The average molecular weight is 716 g/mol. The van der Waals surface area contributed by atoms with Gasteiger partial charge in [0.1, 0.15) is 0 Å². The second-order valence-electron chi connectivity index (χ2n) is 10.3. The Bertz CT molecular complexity index is 2460. The van der Waals surface area contributed by atoms with Gasteiger partial charge in [-0.05, 0) is 63.6 Å². The molecule has 0 aliphatic heterocycles. The van der Waals surface area contributed by atoms with Crippen molar-refractivity contribution in [2.24, 2.45) is 0 Å². The molecule has 232 valence electrons. The molecule has 0 saturated carbocycles. The van der Waals surface area contributed by atoms with E-state index in [1.807, 2.05) is 115 Å². The molecule has 0 radical (unpaired) electrons. The number of aromatic amines is 1. The van der Waals surface area contributed by atoms with Crippen molar-refractivity contribution in [1.29, 1.82) is 0 Å². The summed E-state index contributed by atoms with van der Waals surface area (Å²) < 4.78 is 9.51. The molecule has 0 fully saturated rings. The number of rotatable bonds is 2. The van der Waals surface area contributed by atoms with Crippen LogP contribution in [0.15, 0.2) is 139 Å². The lowest BCUT2D eigenvalue weighted by Gasteiger charge is -2.07. The summed E-state index contributed by atoms with van der Waals surface area (Å²) >= 11 is 20.3. The van der Waals surface area contributed by atoms with Gasteiger partial charge in [0.25, 0.3) is 0 Å². The van der Waals surface area contributed by atoms with Crippen LogP contribution in [0.5, 0.6) is 0 Å². The summed E-state index contributed by atoms with van der Waals surface area (Å²) in [5.74, 6) is 0. The Labute approximate surface area is 288 Å². The lowest BCUT2D eigenvalue weighted by Crippen LogP contribution is -2.03. The number of halogens is 4. The number of pyridine rings is 4. The van der Waals surface area contributed by atoms with Crippen LogP contribution in [0, 0.1) is 0 Å².